The fourth-order valence-electron chi connectivity index (χ4n) is 2.80. The minimum absolute atomic E-state index is 0.0650. The fourth-order valence-corrected chi connectivity index (χ4v) is 2.80. The van der Waals surface area contributed by atoms with Crippen LogP contribution in [-0.2, 0) is 11.7 Å². The third kappa shape index (κ3) is 2.36. The summed E-state index contributed by atoms with van der Waals surface area (Å²) in [6.45, 7) is 1.62. The van der Waals surface area contributed by atoms with Crippen molar-refractivity contribution < 1.29 is 41.3 Å². The number of hydrogen-bond acceptors (Lipinski definition) is 4. The Kier molecular flexibility index (Phi) is 3.96. The number of ether oxygens (including phenoxy) is 1. The summed E-state index contributed by atoms with van der Waals surface area (Å²) < 4.78 is 87.6. The number of fused-ring (bicyclic) bond motifs is 1. The molecule has 0 atom stereocenters. The van der Waals surface area contributed by atoms with Crippen molar-refractivity contribution in [2.24, 2.45) is 0 Å². The Morgan fingerprint density at radius 2 is 1.73 bits per heavy atom. The first-order chi connectivity index (χ1) is 11.9. The minimum atomic E-state index is -5.41. The Morgan fingerprint density at radius 3 is 2.31 bits per heavy atom. The molecule has 0 unspecified atom stereocenters. The first-order valence-corrected chi connectivity index (χ1v) is 7.17. The lowest BCUT2D eigenvalue weighted by molar-refractivity contribution is -0.358. The molecule has 0 aliphatic heterocycles. The van der Waals surface area contributed by atoms with E-state index in [-0.39, 0.29) is 5.75 Å². The first-order valence-electron chi connectivity index (χ1n) is 7.17. The molecule has 4 nitrogen and oxygen atoms in total. The topological polar surface area (TPSA) is 62.6 Å². The van der Waals surface area contributed by atoms with E-state index < -0.39 is 46.5 Å². The van der Waals surface area contributed by atoms with E-state index in [9.17, 15) is 36.6 Å². The van der Waals surface area contributed by atoms with Crippen LogP contribution in [0.15, 0.2) is 30.6 Å². The highest BCUT2D eigenvalue weighted by atomic mass is 19.3. The molecule has 0 fully saturated rings. The monoisotopic (exact) mass is 379 g/mol. The summed E-state index contributed by atoms with van der Waals surface area (Å²) in [6.07, 6.45) is -1.04. The standard InChI is InChI=1S/C16H11F6NO3/c1-7-4-8(6-23-5-7)26-10-3-2-9-12(11(10)13(17)18)15(24,25)16(21,22)14(9,19)20/h2-6,13,24-25H,1H3. The van der Waals surface area contributed by atoms with Gasteiger partial charge in [0.15, 0.2) is 0 Å². The average molecular weight is 379 g/mol. The Labute approximate surface area is 142 Å². The molecule has 1 aliphatic rings. The molecule has 26 heavy (non-hydrogen) atoms. The highest BCUT2D eigenvalue weighted by molar-refractivity contribution is 5.55. The number of nitrogens with zero attached hydrogens (tertiary/aromatic N) is 1. The van der Waals surface area contributed by atoms with E-state index in [0.29, 0.717) is 17.7 Å². The van der Waals surface area contributed by atoms with E-state index in [1.807, 2.05) is 0 Å². The van der Waals surface area contributed by atoms with E-state index in [1.54, 1.807) is 6.92 Å². The van der Waals surface area contributed by atoms with Gasteiger partial charge in [0.1, 0.15) is 11.5 Å². The van der Waals surface area contributed by atoms with Crippen LogP contribution in [0.4, 0.5) is 26.3 Å². The maximum Gasteiger partial charge on any atom is 0.371 e. The number of hydrogen-bond donors (Lipinski definition) is 2. The quantitative estimate of drug-likeness (QED) is 0.625. The Morgan fingerprint density at radius 1 is 1.08 bits per heavy atom. The maximum atomic E-state index is 13.9. The predicted octanol–water partition coefficient (Wildman–Crippen LogP) is 4.00. The SMILES string of the molecule is Cc1cncc(Oc2ccc3c(c2C(F)F)C(O)(O)C(F)(F)C3(F)F)c1. The van der Waals surface area contributed by atoms with Gasteiger partial charge in [-0.3, -0.25) is 4.98 Å². The smallest absolute Gasteiger partial charge is 0.371 e. The summed E-state index contributed by atoms with van der Waals surface area (Å²) in [7, 11) is 0. The summed E-state index contributed by atoms with van der Waals surface area (Å²) in [4.78, 5) is 3.75. The molecular formula is C16H11F6NO3. The van der Waals surface area contributed by atoms with Crippen molar-refractivity contribution in [1.82, 2.24) is 4.98 Å². The number of alkyl halides is 6. The highest BCUT2D eigenvalue weighted by Gasteiger charge is 2.77. The van der Waals surface area contributed by atoms with Crippen molar-refractivity contribution in [3.63, 3.8) is 0 Å². The maximum absolute atomic E-state index is 13.9. The number of rotatable bonds is 3. The molecule has 1 heterocycles. The van der Waals surface area contributed by atoms with Crippen LogP contribution in [0.3, 0.4) is 0 Å². The van der Waals surface area contributed by atoms with Gasteiger partial charge in [0.25, 0.3) is 12.2 Å². The molecule has 2 N–H and O–H groups in total. The zero-order valence-corrected chi connectivity index (χ0v) is 13.0. The van der Waals surface area contributed by atoms with Crippen molar-refractivity contribution in [3.8, 4) is 11.5 Å². The fraction of sp³-hybridized carbons (Fsp3) is 0.312. The highest BCUT2D eigenvalue weighted by Crippen LogP contribution is 2.62. The summed E-state index contributed by atoms with van der Waals surface area (Å²) in [5.41, 5.74) is -4.14. The van der Waals surface area contributed by atoms with Crippen molar-refractivity contribution in [2.45, 2.75) is 31.0 Å². The molecule has 0 spiro atoms. The van der Waals surface area contributed by atoms with Crippen LogP contribution in [0.1, 0.15) is 28.7 Å². The van der Waals surface area contributed by atoms with Crippen LogP contribution in [0.25, 0.3) is 0 Å². The number of aryl methyl sites for hydroxylation is 1. The summed E-state index contributed by atoms with van der Waals surface area (Å²) in [6, 6.07) is 2.43. The van der Waals surface area contributed by atoms with E-state index in [0.717, 1.165) is 6.20 Å². The van der Waals surface area contributed by atoms with Gasteiger partial charge in [0.05, 0.1) is 11.8 Å². The Hall–Kier alpha value is -2.33. The largest absolute Gasteiger partial charge is 0.455 e. The second-order valence-corrected chi connectivity index (χ2v) is 5.82. The van der Waals surface area contributed by atoms with Crippen molar-refractivity contribution in [2.75, 3.05) is 0 Å². The van der Waals surface area contributed by atoms with Gasteiger partial charge in [0, 0.05) is 17.3 Å². The Bertz CT molecular complexity index is 869. The molecule has 2 aromatic rings. The Balaban J connectivity index is 2.23. The van der Waals surface area contributed by atoms with E-state index in [2.05, 4.69) is 4.98 Å². The molecule has 1 aliphatic carbocycles. The lowest BCUT2D eigenvalue weighted by Gasteiger charge is -2.28. The molecule has 0 bridgehead atoms. The van der Waals surface area contributed by atoms with E-state index in [1.165, 1.54) is 12.3 Å². The molecular weight excluding hydrogens is 368 g/mol. The second kappa shape index (κ2) is 5.58. The van der Waals surface area contributed by atoms with Gasteiger partial charge in [-0.05, 0) is 30.7 Å². The van der Waals surface area contributed by atoms with Gasteiger partial charge in [-0.25, -0.2) is 8.78 Å². The van der Waals surface area contributed by atoms with Gasteiger partial charge in [-0.2, -0.15) is 17.6 Å². The summed E-state index contributed by atoms with van der Waals surface area (Å²) >= 11 is 0. The van der Waals surface area contributed by atoms with Crippen molar-refractivity contribution in [1.29, 1.82) is 0 Å². The summed E-state index contributed by atoms with van der Waals surface area (Å²) in [5.74, 6) is -15.8. The number of pyridine rings is 1. The van der Waals surface area contributed by atoms with Gasteiger partial charge in [-0.15, -0.1) is 0 Å². The molecule has 140 valence electrons. The molecule has 1 aromatic heterocycles. The molecule has 0 saturated heterocycles. The van der Waals surface area contributed by atoms with Crippen LogP contribution in [0.5, 0.6) is 11.5 Å². The van der Waals surface area contributed by atoms with Crippen LogP contribution >= 0.6 is 0 Å². The van der Waals surface area contributed by atoms with Crippen LogP contribution < -0.4 is 4.74 Å². The minimum Gasteiger partial charge on any atom is -0.455 e. The zero-order valence-electron chi connectivity index (χ0n) is 13.0. The zero-order chi connectivity index (χ0) is 19.5. The second-order valence-electron chi connectivity index (χ2n) is 5.82. The number of aliphatic hydroxyl groups is 2. The number of benzene rings is 1. The number of halogens is 6. The first kappa shape index (κ1) is 18.5. The van der Waals surface area contributed by atoms with Gasteiger partial charge in [-0.1, -0.05) is 0 Å². The molecule has 1 aromatic carbocycles. The normalized spacial score (nSPS) is 19.5. The third-order valence-corrected chi connectivity index (χ3v) is 4.02. The lowest BCUT2D eigenvalue weighted by atomic mass is 9.98. The van der Waals surface area contributed by atoms with Gasteiger partial charge >= 0.3 is 11.8 Å². The number of aromatic nitrogens is 1. The van der Waals surface area contributed by atoms with Gasteiger partial charge < -0.3 is 14.9 Å². The van der Waals surface area contributed by atoms with E-state index in [4.69, 9.17) is 4.74 Å². The molecule has 0 saturated carbocycles. The predicted molar refractivity (Wildman–Crippen MR) is 75.4 cm³/mol. The van der Waals surface area contributed by atoms with Crippen LogP contribution in [-0.4, -0.2) is 21.1 Å². The third-order valence-electron chi connectivity index (χ3n) is 4.02. The van der Waals surface area contributed by atoms with Gasteiger partial charge in [0.2, 0.25) is 0 Å². The van der Waals surface area contributed by atoms with Crippen molar-refractivity contribution in [3.05, 3.63) is 52.8 Å². The molecule has 10 heteroatoms. The molecule has 0 amide bonds. The molecule has 3 rings (SSSR count). The van der Waals surface area contributed by atoms with E-state index >= 15 is 0 Å². The average Bonchev–Trinajstić information content (AvgIpc) is 2.63. The van der Waals surface area contributed by atoms with Crippen LogP contribution in [0.2, 0.25) is 0 Å². The van der Waals surface area contributed by atoms with Crippen LogP contribution in [0, 0.1) is 6.92 Å². The van der Waals surface area contributed by atoms with Crippen molar-refractivity contribution >= 4 is 0 Å². The summed E-state index contributed by atoms with van der Waals surface area (Å²) in [5, 5.41) is 19.2. The lowest BCUT2D eigenvalue weighted by Crippen LogP contribution is -2.49. The molecule has 0 radical (unpaired) electrons.